The predicted octanol–water partition coefficient (Wildman–Crippen LogP) is 2.02. The van der Waals surface area contributed by atoms with Crippen LogP contribution in [0.3, 0.4) is 0 Å². The van der Waals surface area contributed by atoms with E-state index >= 15 is 0 Å². The van der Waals surface area contributed by atoms with Crippen molar-refractivity contribution in [2.75, 3.05) is 20.8 Å². The van der Waals surface area contributed by atoms with Gasteiger partial charge in [-0.05, 0) is 25.1 Å². The molecule has 0 spiro atoms. The lowest BCUT2D eigenvalue weighted by atomic mass is 10.1. The fourth-order valence-corrected chi connectivity index (χ4v) is 1.39. The highest BCUT2D eigenvalue weighted by Gasteiger charge is 2.10. The molecule has 0 saturated carbocycles. The SMILES string of the molecule is CCOC(=O)c1ccc(OC)c(COC)c1. The molecule has 0 saturated heterocycles. The van der Waals surface area contributed by atoms with Crippen LogP contribution in [0.25, 0.3) is 0 Å². The summed E-state index contributed by atoms with van der Waals surface area (Å²) in [6, 6.07) is 5.14. The number of methoxy groups -OCH3 is 2. The molecular formula is C12H16O4. The average molecular weight is 224 g/mol. The summed E-state index contributed by atoms with van der Waals surface area (Å²) in [6.07, 6.45) is 0. The maximum Gasteiger partial charge on any atom is 0.338 e. The highest BCUT2D eigenvalue weighted by Crippen LogP contribution is 2.21. The molecule has 0 aliphatic rings. The first-order valence-electron chi connectivity index (χ1n) is 5.05. The first-order valence-corrected chi connectivity index (χ1v) is 5.05. The molecule has 0 fully saturated rings. The van der Waals surface area contributed by atoms with Gasteiger partial charge in [0, 0.05) is 12.7 Å². The van der Waals surface area contributed by atoms with Crippen LogP contribution in [0.5, 0.6) is 5.75 Å². The van der Waals surface area contributed by atoms with E-state index in [4.69, 9.17) is 14.2 Å². The van der Waals surface area contributed by atoms with E-state index in [1.807, 2.05) is 0 Å². The zero-order chi connectivity index (χ0) is 12.0. The minimum Gasteiger partial charge on any atom is -0.496 e. The van der Waals surface area contributed by atoms with Gasteiger partial charge >= 0.3 is 5.97 Å². The van der Waals surface area contributed by atoms with Crippen LogP contribution in [0.15, 0.2) is 18.2 Å². The highest BCUT2D eigenvalue weighted by molar-refractivity contribution is 5.89. The number of ether oxygens (including phenoxy) is 3. The number of hydrogen-bond donors (Lipinski definition) is 0. The van der Waals surface area contributed by atoms with Crippen LogP contribution in [0.1, 0.15) is 22.8 Å². The molecule has 0 aliphatic carbocycles. The number of hydrogen-bond acceptors (Lipinski definition) is 4. The summed E-state index contributed by atoms with van der Waals surface area (Å²) in [5.41, 5.74) is 1.34. The first-order chi connectivity index (χ1) is 7.72. The van der Waals surface area contributed by atoms with Crippen molar-refractivity contribution in [2.45, 2.75) is 13.5 Å². The second-order valence-electron chi connectivity index (χ2n) is 3.18. The zero-order valence-electron chi connectivity index (χ0n) is 9.78. The fraction of sp³-hybridized carbons (Fsp3) is 0.417. The normalized spacial score (nSPS) is 9.94. The summed E-state index contributed by atoms with van der Waals surface area (Å²) in [5, 5.41) is 0. The van der Waals surface area contributed by atoms with Gasteiger partial charge in [-0.1, -0.05) is 0 Å². The minimum absolute atomic E-state index is 0.331. The van der Waals surface area contributed by atoms with Gasteiger partial charge in [-0.2, -0.15) is 0 Å². The molecule has 0 radical (unpaired) electrons. The van der Waals surface area contributed by atoms with E-state index in [-0.39, 0.29) is 5.97 Å². The van der Waals surface area contributed by atoms with Gasteiger partial charge in [-0.3, -0.25) is 0 Å². The van der Waals surface area contributed by atoms with Crippen molar-refractivity contribution in [3.8, 4) is 5.75 Å². The zero-order valence-corrected chi connectivity index (χ0v) is 9.78. The molecule has 4 nitrogen and oxygen atoms in total. The Balaban J connectivity index is 2.96. The van der Waals surface area contributed by atoms with E-state index in [0.717, 1.165) is 5.56 Å². The van der Waals surface area contributed by atoms with Gasteiger partial charge in [0.05, 0.1) is 25.9 Å². The Hall–Kier alpha value is -1.55. The molecule has 0 aliphatic heterocycles. The van der Waals surface area contributed by atoms with Gasteiger partial charge in [0.2, 0.25) is 0 Å². The Morgan fingerprint density at radius 1 is 1.31 bits per heavy atom. The fourth-order valence-electron chi connectivity index (χ4n) is 1.39. The molecular weight excluding hydrogens is 208 g/mol. The quantitative estimate of drug-likeness (QED) is 0.718. The van der Waals surface area contributed by atoms with Gasteiger partial charge in [0.1, 0.15) is 5.75 Å². The molecule has 16 heavy (non-hydrogen) atoms. The summed E-state index contributed by atoms with van der Waals surface area (Å²) in [7, 11) is 3.18. The lowest BCUT2D eigenvalue weighted by molar-refractivity contribution is 0.0526. The number of carbonyl (C=O) groups excluding carboxylic acids is 1. The number of carbonyl (C=O) groups is 1. The molecule has 1 aromatic carbocycles. The standard InChI is InChI=1S/C12H16O4/c1-4-16-12(13)9-5-6-11(15-3)10(7-9)8-14-2/h5-7H,4,8H2,1-3H3. The smallest absolute Gasteiger partial charge is 0.338 e. The molecule has 0 heterocycles. The minimum atomic E-state index is -0.331. The van der Waals surface area contributed by atoms with Crippen molar-refractivity contribution in [3.05, 3.63) is 29.3 Å². The van der Waals surface area contributed by atoms with Gasteiger partial charge in [0.15, 0.2) is 0 Å². The van der Waals surface area contributed by atoms with E-state index in [2.05, 4.69) is 0 Å². The van der Waals surface area contributed by atoms with Crippen molar-refractivity contribution in [2.24, 2.45) is 0 Å². The van der Waals surface area contributed by atoms with Crippen molar-refractivity contribution in [3.63, 3.8) is 0 Å². The van der Waals surface area contributed by atoms with E-state index in [0.29, 0.717) is 24.5 Å². The van der Waals surface area contributed by atoms with Crippen molar-refractivity contribution in [1.29, 1.82) is 0 Å². The van der Waals surface area contributed by atoms with Gasteiger partial charge in [-0.25, -0.2) is 4.79 Å². The third-order valence-electron chi connectivity index (χ3n) is 2.09. The van der Waals surface area contributed by atoms with E-state index in [9.17, 15) is 4.79 Å². The number of benzene rings is 1. The van der Waals surface area contributed by atoms with Crippen LogP contribution in [-0.2, 0) is 16.1 Å². The molecule has 1 rings (SSSR count). The number of esters is 1. The van der Waals surface area contributed by atoms with E-state index in [1.165, 1.54) is 0 Å². The van der Waals surface area contributed by atoms with Crippen LogP contribution < -0.4 is 4.74 Å². The molecule has 0 aromatic heterocycles. The summed E-state index contributed by atoms with van der Waals surface area (Å²) in [5.74, 6) is 0.373. The van der Waals surface area contributed by atoms with Crippen molar-refractivity contribution in [1.82, 2.24) is 0 Å². The lowest BCUT2D eigenvalue weighted by Crippen LogP contribution is -2.06. The summed E-state index contributed by atoms with van der Waals surface area (Å²) in [4.78, 5) is 11.5. The second kappa shape index (κ2) is 6.12. The number of rotatable bonds is 5. The van der Waals surface area contributed by atoms with Gasteiger partial charge < -0.3 is 14.2 Å². The van der Waals surface area contributed by atoms with Crippen LogP contribution in [0.4, 0.5) is 0 Å². The summed E-state index contributed by atoms with van der Waals surface area (Å²) < 4.78 is 15.1. The molecule has 0 amide bonds. The predicted molar refractivity (Wildman–Crippen MR) is 59.7 cm³/mol. The first kappa shape index (κ1) is 12.5. The van der Waals surface area contributed by atoms with Crippen LogP contribution in [-0.4, -0.2) is 26.8 Å². The van der Waals surface area contributed by atoms with Crippen LogP contribution >= 0.6 is 0 Å². The third kappa shape index (κ3) is 2.97. The Bertz CT molecular complexity index is 360. The molecule has 4 heteroatoms. The van der Waals surface area contributed by atoms with Gasteiger partial charge in [-0.15, -0.1) is 0 Å². The van der Waals surface area contributed by atoms with E-state index < -0.39 is 0 Å². The van der Waals surface area contributed by atoms with Crippen LogP contribution in [0.2, 0.25) is 0 Å². The Kier molecular flexibility index (Phi) is 4.79. The Morgan fingerprint density at radius 3 is 2.62 bits per heavy atom. The molecule has 1 aromatic rings. The van der Waals surface area contributed by atoms with Gasteiger partial charge in [0.25, 0.3) is 0 Å². The summed E-state index contributed by atoms with van der Waals surface area (Å²) in [6.45, 7) is 2.54. The molecule has 0 unspecified atom stereocenters. The lowest BCUT2D eigenvalue weighted by Gasteiger charge is -2.09. The molecule has 88 valence electrons. The maximum atomic E-state index is 11.5. The average Bonchev–Trinajstić information content (AvgIpc) is 2.29. The summed E-state index contributed by atoms with van der Waals surface area (Å²) >= 11 is 0. The highest BCUT2D eigenvalue weighted by atomic mass is 16.5. The molecule has 0 bridgehead atoms. The second-order valence-corrected chi connectivity index (χ2v) is 3.18. The van der Waals surface area contributed by atoms with E-state index in [1.54, 1.807) is 39.3 Å². The topological polar surface area (TPSA) is 44.8 Å². The van der Waals surface area contributed by atoms with Crippen LogP contribution in [0, 0.1) is 0 Å². The molecule has 0 atom stereocenters. The third-order valence-corrected chi connectivity index (χ3v) is 2.09. The molecule has 0 N–H and O–H groups in total. The monoisotopic (exact) mass is 224 g/mol. The maximum absolute atomic E-state index is 11.5. The Labute approximate surface area is 95.1 Å². The van der Waals surface area contributed by atoms with Crippen molar-refractivity contribution >= 4 is 5.97 Å². The van der Waals surface area contributed by atoms with Crippen molar-refractivity contribution < 1.29 is 19.0 Å². The largest absolute Gasteiger partial charge is 0.496 e. The Morgan fingerprint density at radius 2 is 2.06 bits per heavy atom.